The summed E-state index contributed by atoms with van der Waals surface area (Å²) in [5.41, 5.74) is 22.8. The summed E-state index contributed by atoms with van der Waals surface area (Å²) in [5.74, 6) is -7.08. The Bertz CT molecular complexity index is 1760. The van der Waals surface area contributed by atoms with Crippen molar-refractivity contribution in [3.63, 3.8) is 0 Å². The number of carboxylic acids is 1. The molecule has 0 radical (unpaired) electrons. The Morgan fingerprint density at radius 3 is 1.69 bits per heavy atom. The number of carboxylic acid groups (broad SMARTS) is 1. The molecule has 0 aliphatic rings. The summed E-state index contributed by atoms with van der Waals surface area (Å²) < 4.78 is 0. The summed E-state index contributed by atoms with van der Waals surface area (Å²) in [7, 11) is 0. The molecule has 0 unspecified atom stereocenters. The lowest BCUT2D eigenvalue weighted by Gasteiger charge is -2.30. The van der Waals surface area contributed by atoms with Gasteiger partial charge in [-0.15, -0.1) is 0 Å². The molecule has 59 heavy (non-hydrogen) atoms. The number of phenolic OH excluding ortho intramolecular Hbond substituents is 1. The molecular weight excluding hydrogens is 768 g/mol. The third-order valence-electron chi connectivity index (χ3n) is 9.38. The third-order valence-corrected chi connectivity index (χ3v) is 9.38. The lowest BCUT2D eigenvalue weighted by atomic mass is 9.96. The zero-order valence-electron chi connectivity index (χ0n) is 33.4. The number of amides is 6. The summed E-state index contributed by atoms with van der Waals surface area (Å²) in [5, 5.41) is 42.9. The number of phenols is 1. The van der Waals surface area contributed by atoms with E-state index in [9.17, 15) is 48.9 Å². The Hall–Kier alpha value is -6.28. The van der Waals surface area contributed by atoms with Gasteiger partial charge in [-0.05, 0) is 55.4 Å². The van der Waals surface area contributed by atoms with Gasteiger partial charge < -0.3 is 64.8 Å². The van der Waals surface area contributed by atoms with Crippen molar-refractivity contribution < 1.29 is 48.9 Å². The number of primary amides is 1. The molecule has 0 spiro atoms. The van der Waals surface area contributed by atoms with E-state index in [1.165, 1.54) is 31.2 Å². The second-order valence-corrected chi connectivity index (χ2v) is 14.2. The molecule has 0 aromatic heterocycles. The van der Waals surface area contributed by atoms with Crippen molar-refractivity contribution in [3.8, 4) is 5.75 Å². The molecule has 0 saturated heterocycles. The van der Waals surface area contributed by atoms with Gasteiger partial charge in [0.05, 0.1) is 12.1 Å². The minimum atomic E-state index is -1.57. The fourth-order valence-corrected chi connectivity index (χ4v) is 5.74. The van der Waals surface area contributed by atoms with Crippen LogP contribution in [0.25, 0.3) is 0 Å². The number of aromatic hydroxyl groups is 1. The predicted molar refractivity (Wildman–Crippen MR) is 217 cm³/mol. The van der Waals surface area contributed by atoms with Gasteiger partial charge in [-0.2, -0.15) is 0 Å². The van der Waals surface area contributed by atoms with Crippen LogP contribution in [0.2, 0.25) is 0 Å². The number of aliphatic carboxylic acids is 1. The number of nitrogens with two attached hydrogens (primary N) is 4. The van der Waals surface area contributed by atoms with Crippen molar-refractivity contribution in [2.45, 2.75) is 108 Å². The average Bonchev–Trinajstić information content (AvgIpc) is 3.18. The Morgan fingerprint density at radius 2 is 1.19 bits per heavy atom. The number of aliphatic hydroxyl groups is 1. The molecule has 2 rings (SSSR count). The summed E-state index contributed by atoms with van der Waals surface area (Å²) in [6.07, 6.45) is -1.46. The minimum absolute atomic E-state index is 0.0339. The van der Waals surface area contributed by atoms with Crippen molar-refractivity contribution in [2.75, 3.05) is 6.54 Å². The van der Waals surface area contributed by atoms with Crippen LogP contribution in [0.4, 0.5) is 0 Å². The molecule has 0 aliphatic heterocycles. The van der Waals surface area contributed by atoms with E-state index < -0.39 is 89.7 Å². The molecule has 6 amide bonds. The van der Waals surface area contributed by atoms with E-state index >= 15 is 0 Å². The molecule has 0 bridgehead atoms. The fraction of sp³-hybridized carbons (Fsp3) is 0.487. The highest BCUT2D eigenvalue weighted by Gasteiger charge is 2.36. The van der Waals surface area contributed by atoms with Gasteiger partial charge in [-0.1, -0.05) is 62.7 Å². The van der Waals surface area contributed by atoms with Gasteiger partial charge in [0.15, 0.2) is 5.96 Å². The van der Waals surface area contributed by atoms with Crippen LogP contribution in [0.3, 0.4) is 0 Å². The molecule has 16 N–H and O–H groups in total. The lowest BCUT2D eigenvalue weighted by molar-refractivity contribution is -0.142. The number of guanidine groups is 1. The number of nitrogens with zero attached hydrogens (tertiary/aromatic N) is 1. The third kappa shape index (κ3) is 17.4. The zero-order valence-corrected chi connectivity index (χ0v) is 33.4. The van der Waals surface area contributed by atoms with E-state index in [1.54, 1.807) is 44.2 Å². The van der Waals surface area contributed by atoms with Gasteiger partial charge in [-0.25, -0.2) is 4.79 Å². The fourth-order valence-electron chi connectivity index (χ4n) is 5.74. The van der Waals surface area contributed by atoms with E-state index in [-0.39, 0.29) is 56.8 Å². The summed E-state index contributed by atoms with van der Waals surface area (Å²) >= 11 is 0. The number of benzene rings is 2. The zero-order chi connectivity index (χ0) is 44.2. The van der Waals surface area contributed by atoms with Crippen LogP contribution < -0.4 is 49.5 Å². The monoisotopic (exact) mass is 826 g/mol. The first-order chi connectivity index (χ1) is 27.8. The van der Waals surface area contributed by atoms with Crippen LogP contribution in [-0.2, 0) is 46.4 Å². The summed E-state index contributed by atoms with van der Waals surface area (Å²) in [6, 6.07) is 6.20. The van der Waals surface area contributed by atoms with Crippen molar-refractivity contribution in [2.24, 2.45) is 33.8 Å². The molecule has 2 aromatic carbocycles. The van der Waals surface area contributed by atoms with E-state index in [2.05, 4.69) is 31.6 Å². The first-order valence-corrected chi connectivity index (χ1v) is 19.2. The Kier molecular flexibility index (Phi) is 20.3. The highest BCUT2D eigenvalue weighted by Crippen LogP contribution is 2.15. The smallest absolute Gasteiger partial charge is 0.326 e. The van der Waals surface area contributed by atoms with Gasteiger partial charge in [0.25, 0.3) is 0 Å². The largest absolute Gasteiger partial charge is 0.508 e. The van der Waals surface area contributed by atoms with Crippen LogP contribution >= 0.6 is 0 Å². The van der Waals surface area contributed by atoms with Gasteiger partial charge in [-0.3, -0.25) is 33.8 Å². The maximum absolute atomic E-state index is 14.2. The van der Waals surface area contributed by atoms with Crippen molar-refractivity contribution >= 4 is 47.4 Å². The number of hydrogen-bond acceptors (Lipinski definition) is 11. The molecular formula is C39H58N10O10. The highest BCUT2D eigenvalue weighted by molar-refractivity contribution is 5.97. The summed E-state index contributed by atoms with van der Waals surface area (Å²) in [4.78, 5) is 95.4. The molecule has 0 saturated carbocycles. The van der Waals surface area contributed by atoms with E-state index in [4.69, 9.17) is 22.9 Å². The maximum atomic E-state index is 14.2. The number of carbonyl (C=O) groups excluding carboxylic acids is 6. The van der Waals surface area contributed by atoms with Gasteiger partial charge in [0.1, 0.15) is 36.0 Å². The lowest BCUT2D eigenvalue weighted by Crippen LogP contribution is -2.62. The molecule has 324 valence electrons. The SMILES string of the molecule is CC[C@H](C)[C@H](NC(=O)[C@@H](NC(=O)[C@@H](N)CCC(N)=O)[C@@H](C)O)C(=O)N[C@@H](Cc1ccc(O)cc1)C(=O)N[C@@H](Cc1ccccc1)C(=O)N[C@@H](CCCN=C(N)N)C(=O)O. The number of rotatable bonds is 25. The number of aliphatic imine (C=N–C) groups is 1. The summed E-state index contributed by atoms with van der Waals surface area (Å²) in [6.45, 7) is 4.76. The van der Waals surface area contributed by atoms with Crippen molar-refractivity contribution in [1.82, 2.24) is 26.6 Å². The molecule has 8 atom stereocenters. The van der Waals surface area contributed by atoms with Crippen LogP contribution in [0.15, 0.2) is 59.6 Å². The number of aliphatic hydroxyl groups excluding tert-OH is 1. The Balaban J connectivity index is 2.43. The van der Waals surface area contributed by atoms with Crippen LogP contribution in [0.1, 0.15) is 64.0 Å². The van der Waals surface area contributed by atoms with Crippen molar-refractivity contribution in [1.29, 1.82) is 0 Å². The topological polar surface area (TPSA) is 357 Å². The first-order valence-electron chi connectivity index (χ1n) is 19.2. The normalized spacial score (nSPS) is 15.0. The van der Waals surface area contributed by atoms with E-state index in [1.807, 2.05) is 0 Å². The number of carbonyl (C=O) groups is 7. The van der Waals surface area contributed by atoms with Gasteiger partial charge in [0.2, 0.25) is 35.4 Å². The highest BCUT2D eigenvalue weighted by atomic mass is 16.4. The molecule has 20 nitrogen and oxygen atoms in total. The standard InChI is InChI=1S/C39H58N10O10/c1-4-21(2)31(48-37(57)32(22(3)50)49-33(53)26(40)16-17-30(41)52)36(56)47-29(20-24-12-14-25(51)15-13-24)35(55)46-28(19-23-9-6-5-7-10-23)34(54)45-27(38(58)59)11-8-18-44-39(42)43/h5-7,9-10,12-15,21-22,26-29,31-32,50-51H,4,8,11,16-20,40H2,1-3H3,(H2,41,52)(H,45,54)(H,46,55)(H,47,56)(H,48,57)(H,49,53)(H,58,59)(H4,42,43,44)/t21-,22+,26-,27-,28-,29-,31-,32-/m0/s1. The molecule has 0 fully saturated rings. The Morgan fingerprint density at radius 1 is 0.678 bits per heavy atom. The van der Waals surface area contributed by atoms with E-state index in [0.29, 0.717) is 17.5 Å². The predicted octanol–water partition coefficient (Wildman–Crippen LogP) is -2.24. The maximum Gasteiger partial charge on any atom is 0.326 e. The minimum Gasteiger partial charge on any atom is -0.508 e. The number of nitrogens with one attached hydrogen (secondary N) is 5. The number of hydrogen-bond donors (Lipinski definition) is 12. The van der Waals surface area contributed by atoms with Crippen LogP contribution in [-0.4, -0.2) is 112 Å². The molecule has 20 heteroatoms. The van der Waals surface area contributed by atoms with Gasteiger partial charge in [0, 0.05) is 25.8 Å². The second-order valence-electron chi connectivity index (χ2n) is 14.2. The average molecular weight is 827 g/mol. The molecule has 2 aromatic rings. The van der Waals surface area contributed by atoms with E-state index in [0.717, 1.165) is 0 Å². The quantitative estimate of drug-likeness (QED) is 0.0287. The van der Waals surface area contributed by atoms with Crippen LogP contribution in [0.5, 0.6) is 5.75 Å². The molecule has 0 heterocycles. The first kappa shape index (κ1) is 48.9. The Labute approximate surface area is 342 Å². The van der Waals surface area contributed by atoms with Crippen molar-refractivity contribution in [3.05, 3.63) is 65.7 Å². The second kappa shape index (κ2) is 24.5. The van der Waals surface area contributed by atoms with Gasteiger partial charge >= 0.3 is 5.97 Å². The molecule has 0 aliphatic carbocycles. The van der Waals surface area contributed by atoms with Crippen LogP contribution in [0, 0.1) is 5.92 Å².